The zero-order valence-electron chi connectivity index (χ0n) is 17.2. The molecule has 0 amide bonds. The summed E-state index contributed by atoms with van der Waals surface area (Å²) < 4.78 is 29.1. The fourth-order valence-electron chi connectivity index (χ4n) is 2.97. The number of hydrogen-bond donors (Lipinski definition) is 2. The Labute approximate surface area is 178 Å². The number of sulfone groups is 1. The highest BCUT2D eigenvalue weighted by Crippen LogP contribution is 2.20. The summed E-state index contributed by atoms with van der Waals surface area (Å²) >= 11 is 6.08. The maximum atomic E-state index is 11.8. The third kappa shape index (κ3) is 7.03. The van der Waals surface area contributed by atoms with E-state index < -0.39 is 9.84 Å². The largest absolute Gasteiger partial charge is 0.375 e. The van der Waals surface area contributed by atoms with Crippen LogP contribution in [0, 0.1) is 6.92 Å². The molecular formula is C21H28ClN3O3S. The normalized spacial score (nSPS) is 13.2. The van der Waals surface area contributed by atoms with Crippen molar-refractivity contribution in [1.82, 2.24) is 10.6 Å². The van der Waals surface area contributed by atoms with Crippen LogP contribution in [0.4, 0.5) is 0 Å². The molecule has 158 valence electrons. The van der Waals surface area contributed by atoms with Crippen molar-refractivity contribution in [3.05, 3.63) is 64.2 Å². The van der Waals surface area contributed by atoms with E-state index in [1.54, 1.807) is 26.2 Å². The van der Waals surface area contributed by atoms with Gasteiger partial charge >= 0.3 is 0 Å². The van der Waals surface area contributed by atoms with Gasteiger partial charge < -0.3 is 15.4 Å². The minimum Gasteiger partial charge on any atom is -0.375 e. The monoisotopic (exact) mass is 437 g/mol. The number of nitrogens with zero attached hydrogens (tertiary/aromatic N) is 1. The minimum absolute atomic E-state index is 0.172. The molecule has 2 rings (SSSR count). The van der Waals surface area contributed by atoms with E-state index >= 15 is 0 Å². The summed E-state index contributed by atoms with van der Waals surface area (Å²) in [5.41, 5.74) is 2.64. The number of halogens is 1. The second kappa shape index (κ2) is 10.6. The molecule has 0 saturated heterocycles. The van der Waals surface area contributed by atoms with Crippen LogP contribution in [0.3, 0.4) is 0 Å². The van der Waals surface area contributed by atoms with Gasteiger partial charge in [0.25, 0.3) is 0 Å². The van der Waals surface area contributed by atoms with E-state index in [0.29, 0.717) is 35.5 Å². The number of ether oxygens (including phenoxy) is 1. The smallest absolute Gasteiger partial charge is 0.191 e. The highest BCUT2D eigenvalue weighted by atomic mass is 35.5. The van der Waals surface area contributed by atoms with Gasteiger partial charge in [-0.25, -0.2) is 13.4 Å². The van der Waals surface area contributed by atoms with Crippen LogP contribution < -0.4 is 10.6 Å². The van der Waals surface area contributed by atoms with Gasteiger partial charge in [-0.1, -0.05) is 35.9 Å². The van der Waals surface area contributed by atoms with Gasteiger partial charge in [0.1, 0.15) is 0 Å². The van der Waals surface area contributed by atoms with E-state index in [1.165, 1.54) is 6.26 Å². The molecular weight excluding hydrogens is 410 g/mol. The molecule has 0 aromatic heterocycles. The molecule has 0 radical (unpaired) electrons. The van der Waals surface area contributed by atoms with Gasteiger partial charge in [-0.15, -0.1) is 0 Å². The summed E-state index contributed by atoms with van der Waals surface area (Å²) in [7, 11) is -1.57. The number of rotatable bonds is 8. The van der Waals surface area contributed by atoms with Crippen molar-refractivity contribution < 1.29 is 13.2 Å². The van der Waals surface area contributed by atoms with Gasteiger partial charge in [0.2, 0.25) is 0 Å². The molecule has 0 aliphatic rings. The molecule has 0 heterocycles. The Morgan fingerprint density at radius 1 is 1.21 bits per heavy atom. The molecule has 8 heteroatoms. The first kappa shape index (κ1) is 23.2. The SMILES string of the molecule is CCNC(=NCc1ccc(S(C)(=O)=O)c(C)c1)NCC(OC)c1cccc(Cl)c1. The summed E-state index contributed by atoms with van der Waals surface area (Å²) in [6.07, 6.45) is 1.04. The van der Waals surface area contributed by atoms with Crippen molar-refractivity contribution in [2.24, 2.45) is 4.99 Å². The van der Waals surface area contributed by atoms with Crippen molar-refractivity contribution in [3.63, 3.8) is 0 Å². The standard InChI is InChI=1S/C21H28ClN3O3S/c1-5-23-21(25-14-19(28-3)17-7-6-8-18(22)12-17)24-13-16-9-10-20(15(2)11-16)29(4,26)27/h6-12,19H,5,13-14H2,1-4H3,(H2,23,24,25). The van der Waals surface area contributed by atoms with E-state index in [1.807, 2.05) is 37.3 Å². The van der Waals surface area contributed by atoms with Crippen molar-refractivity contribution in [2.45, 2.75) is 31.4 Å². The predicted molar refractivity (Wildman–Crippen MR) is 118 cm³/mol. The molecule has 2 N–H and O–H groups in total. The average molecular weight is 438 g/mol. The highest BCUT2D eigenvalue weighted by Gasteiger charge is 2.13. The van der Waals surface area contributed by atoms with Crippen LogP contribution >= 0.6 is 11.6 Å². The first-order chi connectivity index (χ1) is 13.7. The van der Waals surface area contributed by atoms with Gasteiger partial charge in [0, 0.05) is 31.5 Å². The summed E-state index contributed by atoms with van der Waals surface area (Å²) in [4.78, 5) is 4.94. The van der Waals surface area contributed by atoms with Crippen LogP contribution in [-0.4, -0.2) is 40.8 Å². The number of aliphatic imine (C=N–C) groups is 1. The predicted octanol–water partition coefficient (Wildman–Crippen LogP) is 3.49. The van der Waals surface area contributed by atoms with E-state index in [-0.39, 0.29) is 6.10 Å². The van der Waals surface area contributed by atoms with Crippen LogP contribution in [0.1, 0.15) is 29.7 Å². The Bertz CT molecular complexity index is 961. The van der Waals surface area contributed by atoms with Crippen LogP contribution in [0.2, 0.25) is 5.02 Å². The lowest BCUT2D eigenvalue weighted by atomic mass is 10.1. The van der Waals surface area contributed by atoms with Crippen LogP contribution in [0.5, 0.6) is 0 Å². The van der Waals surface area contributed by atoms with Crippen molar-refractivity contribution in [2.75, 3.05) is 26.5 Å². The molecule has 0 aliphatic carbocycles. The molecule has 1 atom stereocenters. The van der Waals surface area contributed by atoms with Crippen LogP contribution in [0.25, 0.3) is 0 Å². The summed E-state index contributed by atoms with van der Waals surface area (Å²) in [6, 6.07) is 12.9. The Hall–Kier alpha value is -2.09. The number of hydrogen-bond acceptors (Lipinski definition) is 4. The lowest BCUT2D eigenvalue weighted by Gasteiger charge is -2.19. The molecule has 29 heavy (non-hydrogen) atoms. The Balaban J connectivity index is 2.08. The molecule has 2 aromatic carbocycles. The van der Waals surface area contributed by atoms with Gasteiger partial charge in [0.15, 0.2) is 15.8 Å². The summed E-state index contributed by atoms with van der Waals surface area (Å²) in [5, 5.41) is 7.16. The second-order valence-electron chi connectivity index (χ2n) is 6.73. The number of nitrogens with one attached hydrogen (secondary N) is 2. The zero-order chi connectivity index (χ0) is 21.4. The average Bonchev–Trinajstić information content (AvgIpc) is 2.65. The molecule has 6 nitrogen and oxygen atoms in total. The molecule has 0 spiro atoms. The number of methoxy groups -OCH3 is 1. The van der Waals surface area contributed by atoms with Gasteiger partial charge in [0.05, 0.1) is 17.5 Å². The zero-order valence-corrected chi connectivity index (χ0v) is 18.8. The first-order valence-electron chi connectivity index (χ1n) is 9.34. The molecule has 2 aromatic rings. The third-order valence-corrected chi connectivity index (χ3v) is 5.85. The molecule has 0 saturated carbocycles. The van der Waals surface area contributed by atoms with E-state index in [4.69, 9.17) is 16.3 Å². The van der Waals surface area contributed by atoms with Crippen molar-refractivity contribution in [3.8, 4) is 0 Å². The lowest BCUT2D eigenvalue weighted by molar-refractivity contribution is 0.106. The molecule has 0 bridgehead atoms. The maximum absolute atomic E-state index is 11.8. The maximum Gasteiger partial charge on any atom is 0.191 e. The fourth-order valence-corrected chi connectivity index (χ4v) is 4.13. The Morgan fingerprint density at radius 3 is 2.55 bits per heavy atom. The summed E-state index contributed by atoms with van der Waals surface area (Å²) in [6.45, 7) is 5.45. The van der Waals surface area contributed by atoms with E-state index in [0.717, 1.165) is 16.7 Å². The van der Waals surface area contributed by atoms with Gasteiger partial charge in [-0.05, 0) is 48.7 Å². The lowest BCUT2D eigenvalue weighted by Crippen LogP contribution is -2.39. The van der Waals surface area contributed by atoms with E-state index in [9.17, 15) is 8.42 Å². The number of guanidine groups is 1. The highest BCUT2D eigenvalue weighted by molar-refractivity contribution is 7.90. The van der Waals surface area contributed by atoms with Crippen molar-refractivity contribution >= 4 is 27.4 Å². The fraction of sp³-hybridized carbons (Fsp3) is 0.381. The van der Waals surface area contributed by atoms with Crippen LogP contribution in [-0.2, 0) is 21.1 Å². The minimum atomic E-state index is -3.22. The Morgan fingerprint density at radius 2 is 1.97 bits per heavy atom. The quantitative estimate of drug-likeness (QED) is 0.488. The molecule has 1 unspecified atom stereocenters. The number of aryl methyl sites for hydroxylation is 1. The third-order valence-electron chi connectivity index (χ3n) is 4.36. The summed E-state index contributed by atoms with van der Waals surface area (Å²) in [5.74, 6) is 0.654. The molecule has 0 fully saturated rings. The van der Waals surface area contributed by atoms with Crippen LogP contribution in [0.15, 0.2) is 52.4 Å². The number of benzene rings is 2. The first-order valence-corrected chi connectivity index (χ1v) is 11.6. The topological polar surface area (TPSA) is 79.8 Å². The molecule has 0 aliphatic heterocycles. The van der Waals surface area contributed by atoms with Gasteiger partial charge in [-0.2, -0.15) is 0 Å². The van der Waals surface area contributed by atoms with Gasteiger partial charge in [-0.3, -0.25) is 0 Å². The van der Waals surface area contributed by atoms with Crippen molar-refractivity contribution in [1.29, 1.82) is 0 Å². The Kier molecular flexibility index (Phi) is 8.49. The van der Waals surface area contributed by atoms with E-state index in [2.05, 4.69) is 15.6 Å². The second-order valence-corrected chi connectivity index (χ2v) is 9.15.